The Bertz CT molecular complexity index is 351. The van der Waals surface area contributed by atoms with E-state index in [1.54, 1.807) is 6.07 Å². The van der Waals surface area contributed by atoms with Crippen molar-refractivity contribution in [2.75, 3.05) is 0 Å². The molecule has 0 spiro atoms. The highest BCUT2D eigenvalue weighted by Crippen LogP contribution is 2.50. The highest BCUT2D eigenvalue weighted by atomic mass is 31.2. The van der Waals surface area contributed by atoms with Gasteiger partial charge in [-0.25, -0.2) is 4.57 Å². The number of nitrogens with one attached hydrogen (secondary N) is 1. The van der Waals surface area contributed by atoms with Crippen molar-refractivity contribution in [3.05, 3.63) is 30.1 Å². The molecular formula is C6H5F2N2O2P. The topological polar surface area (TPSA) is 63.0 Å². The summed E-state index contributed by atoms with van der Waals surface area (Å²) in [6, 6.07) is 4.36. The molecule has 0 saturated carbocycles. The van der Waals surface area contributed by atoms with Crippen LogP contribution in [0.25, 0.3) is 0 Å². The molecule has 0 bridgehead atoms. The van der Waals surface area contributed by atoms with Crippen LogP contribution in [0.5, 0.6) is 0 Å². The van der Waals surface area contributed by atoms with Gasteiger partial charge >= 0.3 is 7.99 Å². The van der Waals surface area contributed by atoms with Crippen molar-refractivity contribution in [3.8, 4) is 0 Å². The minimum Gasteiger partial charge on any atom is -0.378 e. The first-order valence-electron chi connectivity index (χ1n) is 3.18. The number of rotatable bonds is 2. The van der Waals surface area contributed by atoms with Gasteiger partial charge in [0.05, 0.1) is 0 Å². The minimum absolute atomic E-state index is 0.0852. The fourth-order valence-electron chi connectivity index (χ4n) is 0.650. The summed E-state index contributed by atoms with van der Waals surface area (Å²) in [6.45, 7) is 0. The van der Waals surface area contributed by atoms with E-state index in [2.05, 4.69) is 9.51 Å². The van der Waals surface area contributed by atoms with Crippen LogP contribution in [-0.2, 0) is 9.09 Å². The van der Waals surface area contributed by atoms with Crippen molar-refractivity contribution in [1.82, 2.24) is 4.98 Å². The van der Waals surface area contributed by atoms with E-state index < -0.39 is 13.9 Å². The number of nitrogens with zero attached hydrogens (tertiary/aromatic N) is 1. The molecule has 1 aromatic rings. The first-order valence-corrected chi connectivity index (χ1v) is 4.58. The number of hydrogen-bond donors (Lipinski definition) is 1. The van der Waals surface area contributed by atoms with Gasteiger partial charge in [-0.3, -0.25) is 10.4 Å². The van der Waals surface area contributed by atoms with E-state index in [9.17, 15) is 13.0 Å². The van der Waals surface area contributed by atoms with Gasteiger partial charge < -0.3 is 4.52 Å². The molecule has 0 aliphatic heterocycles. The Morgan fingerprint density at radius 3 is 2.69 bits per heavy atom. The molecule has 1 N–H and O–H groups in total. The summed E-state index contributed by atoms with van der Waals surface area (Å²) in [7, 11) is -5.65. The molecule has 7 heteroatoms. The van der Waals surface area contributed by atoms with Gasteiger partial charge in [-0.15, -0.1) is 8.39 Å². The first kappa shape index (κ1) is 9.80. The molecule has 70 valence electrons. The number of aromatic nitrogens is 1. The third-order valence-electron chi connectivity index (χ3n) is 1.10. The zero-order valence-corrected chi connectivity index (χ0v) is 7.17. The van der Waals surface area contributed by atoms with Crippen molar-refractivity contribution < 1.29 is 17.5 Å². The predicted molar refractivity (Wildman–Crippen MR) is 42.0 cm³/mol. The minimum atomic E-state index is -5.65. The van der Waals surface area contributed by atoms with Crippen LogP contribution in [0.1, 0.15) is 5.69 Å². The summed E-state index contributed by atoms with van der Waals surface area (Å²) in [6.07, 6.45) is 1.31. The quantitative estimate of drug-likeness (QED) is 0.459. The van der Waals surface area contributed by atoms with Gasteiger partial charge in [-0.1, -0.05) is 6.07 Å². The summed E-state index contributed by atoms with van der Waals surface area (Å²) in [5, 5.41) is 6.95. The van der Waals surface area contributed by atoms with E-state index >= 15 is 0 Å². The Kier molecular flexibility index (Phi) is 2.72. The highest BCUT2D eigenvalue weighted by Gasteiger charge is 2.25. The van der Waals surface area contributed by atoms with Gasteiger partial charge in [0, 0.05) is 6.20 Å². The summed E-state index contributed by atoms with van der Waals surface area (Å²) in [5.74, 6) is -0.895. The largest absolute Gasteiger partial charge is 0.611 e. The van der Waals surface area contributed by atoms with E-state index in [0.29, 0.717) is 0 Å². The standard InChI is InChI=1S/C6H5F2N2O2P/c7-13(8,11)12-6(9)5-3-1-2-4-10-5/h1-4,9H. The lowest BCUT2D eigenvalue weighted by molar-refractivity contribution is 0.377. The van der Waals surface area contributed by atoms with Crippen LogP contribution >= 0.6 is 7.99 Å². The smallest absolute Gasteiger partial charge is 0.378 e. The van der Waals surface area contributed by atoms with Crippen molar-refractivity contribution in [3.63, 3.8) is 0 Å². The molecule has 0 unspecified atom stereocenters. The highest BCUT2D eigenvalue weighted by molar-refractivity contribution is 7.48. The normalized spacial score (nSPS) is 10.9. The third kappa shape index (κ3) is 3.29. The SMILES string of the molecule is N=C(OP(=O)(F)F)c1ccccn1. The first-order chi connectivity index (χ1) is 5.99. The van der Waals surface area contributed by atoms with Crippen LogP contribution in [-0.4, -0.2) is 10.9 Å². The molecule has 1 rings (SSSR count). The molecule has 1 aromatic heterocycles. The molecule has 13 heavy (non-hydrogen) atoms. The van der Waals surface area contributed by atoms with Crippen LogP contribution in [0.3, 0.4) is 0 Å². The van der Waals surface area contributed by atoms with Crippen molar-refractivity contribution in [1.29, 1.82) is 5.41 Å². The Labute approximate surface area is 72.8 Å². The molecular weight excluding hydrogens is 201 g/mol. The lowest BCUT2D eigenvalue weighted by Crippen LogP contribution is -2.02. The van der Waals surface area contributed by atoms with Gasteiger partial charge in [-0.2, -0.15) is 0 Å². The lowest BCUT2D eigenvalue weighted by atomic mass is 10.3. The zero-order valence-electron chi connectivity index (χ0n) is 6.28. The molecule has 0 aliphatic rings. The molecule has 1 heterocycles. The third-order valence-corrected chi connectivity index (χ3v) is 1.49. The summed E-state index contributed by atoms with van der Waals surface area (Å²) in [5.41, 5.74) is -0.0852. The van der Waals surface area contributed by atoms with Crippen molar-refractivity contribution >= 4 is 13.9 Å². The summed E-state index contributed by atoms with van der Waals surface area (Å²) >= 11 is 0. The molecule has 0 aliphatic carbocycles. The fraction of sp³-hybridized carbons (Fsp3) is 0. The number of hydrogen-bond acceptors (Lipinski definition) is 4. The Balaban J connectivity index is 2.76. The average Bonchev–Trinajstić information content (AvgIpc) is 2.03. The fourth-order valence-corrected chi connectivity index (χ4v) is 0.956. The van der Waals surface area contributed by atoms with Crippen LogP contribution in [0.4, 0.5) is 8.39 Å². The van der Waals surface area contributed by atoms with Crippen LogP contribution in [0.2, 0.25) is 0 Å². The molecule has 0 atom stereocenters. The maximum absolute atomic E-state index is 11.8. The van der Waals surface area contributed by atoms with Gasteiger partial charge in [0.1, 0.15) is 5.69 Å². The molecule has 0 fully saturated rings. The molecule has 4 nitrogen and oxygen atoms in total. The predicted octanol–water partition coefficient (Wildman–Crippen LogP) is 2.47. The van der Waals surface area contributed by atoms with E-state index in [-0.39, 0.29) is 5.69 Å². The average molecular weight is 206 g/mol. The second-order valence-corrected chi connectivity index (χ2v) is 3.06. The zero-order chi connectivity index (χ0) is 9.90. The van der Waals surface area contributed by atoms with E-state index in [4.69, 9.17) is 5.41 Å². The second-order valence-electron chi connectivity index (χ2n) is 2.05. The van der Waals surface area contributed by atoms with Crippen LogP contribution in [0, 0.1) is 5.41 Å². The van der Waals surface area contributed by atoms with E-state index in [1.165, 1.54) is 18.3 Å². The van der Waals surface area contributed by atoms with Gasteiger partial charge in [0.2, 0.25) is 5.90 Å². The monoisotopic (exact) mass is 206 g/mol. The maximum Gasteiger partial charge on any atom is 0.611 e. The summed E-state index contributed by atoms with van der Waals surface area (Å²) in [4.78, 5) is 3.56. The van der Waals surface area contributed by atoms with E-state index in [1.807, 2.05) is 0 Å². The maximum atomic E-state index is 11.8. The van der Waals surface area contributed by atoms with Crippen molar-refractivity contribution in [2.45, 2.75) is 0 Å². The second kappa shape index (κ2) is 3.62. The molecule has 0 aromatic carbocycles. The number of halogens is 2. The Morgan fingerprint density at radius 1 is 1.54 bits per heavy atom. The Hall–Kier alpha value is -1.29. The van der Waals surface area contributed by atoms with Crippen LogP contribution < -0.4 is 0 Å². The Morgan fingerprint density at radius 2 is 2.23 bits per heavy atom. The number of pyridine rings is 1. The van der Waals surface area contributed by atoms with Crippen LogP contribution in [0.15, 0.2) is 24.4 Å². The van der Waals surface area contributed by atoms with Gasteiger partial charge in [0.15, 0.2) is 0 Å². The van der Waals surface area contributed by atoms with E-state index in [0.717, 1.165) is 0 Å². The van der Waals surface area contributed by atoms with Gasteiger partial charge in [-0.05, 0) is 12.1 Å². The molecule has 0 saturated heterocycles. The summed E-state index contributed by atoms with van der Waals surface area (Å²) < 4.78 is 37.1. The molecule has 0 amide bonds. The molecule has 0 radical (unpaired) electrons. The van der Waals surface area contributed by atoms with Crippen molar-refractivity contribution in [2.24, 2.45) is 0 Å². The lowest BCUT2D eigenvalue weighted by Gasteiger charge is -2.02. The van der Waals surface area contributed by atoms with Gasteiger partial charge in [0.25, 0.3) is 0 Å².